The fourth-order valence-electron chi connectivity index (χ4n) is 2.60. The number of hydrogen-bond acceptors (Lipinski definition) is 3. The molecule has 1 aliphatic carbocycles. The summed E-state index contributed by atoms with van der Waals surface area (Å²) in [5.74, 6) is -0.232. The molecule has 2 atom stereocenters. The van der Waals surface area contributed by atoms with Gasteiger partial charge in [0.1, 0.15) is 5.78 Å². The van der Waals surface area contributed by atoms with Crippen LogP contribution in [0, 0.1) is 12.8 Å². The second kappa shape index (κ2) is 4.84. The molecule has 4 heteroatoms. The van der Waals surface area contributed by atoms with E-state index in [0.717, 1.165) is 11.1 Å². The van der Waals surface area contributed by atoms with Crippen molar-refractivity contribution in [3.63, 3.8) is 0 Å². The maximum atomic E-state index is 12.3. The summed E-state index contributed by atoms with van der Waals surface area (Å²) in [7, 11) is -3.23. The third kappa shape index (κ3) is 2.64. The van der Waals surface area contributed by atoms with Crippen LogP contribution in [0.4, 0.5) is 0 Å². The summed E-state index contributed by atoms with van der Waals surface area (Å²) in [6, 6.07) is 7.52. The van der Waals surface area contributed by atoms with E-state index in [-0.39, 0.29) is 17.5 Å². The first-order chi connectivity index (χ1) is 8.40. The fourth-order valence-corrected chi connectivity index (χ4v) is 4.71. The van der Waals surface area contributed by atoms with E-state index in [1.165, 1.54) is 0 Å². The average molecular weight is 266 g/mol. The highest BCUT2D eigenvalue weighted by molar-refractivity contribution is 7.91. The van der Waals surface area contributed by atoms with Gasteiger partial charge in [0, 0.05) is 12.3 Å². The minimum Gasteiger partial charge on any atom is -0.299 e. The van der Waals surface area contributed by atoms with Crippen LogP contribution >= 0.6 is 0 Å². The summed E-state index contributed by atoms with van der Waals surface area (Å²) >= 11 is 0. The largest absolute Gasteiger partial charge is 0.299 e. The predicted molar refractivity (Wildman–Crippen MR) is 71.0 cm³/mol. The molecular formula is C14H18O3S. The summed E-state index contributed by atoms with van der Waals surface area (Å²) in [6.07, 6.45) is 0.882. The van der Waals surface area contributed by atoms with Crippen LogP contribution < -0.4 is 0 Å². The molecule has 1 saturated carbocycles. The molecule has 2 unspecified atom stereocenters. The van der Waals surface area contributed by atoms with E-state index < -0.39 is 15.1 Å². The normalized spacial score (nSPS) is 24.4. The van der Waals surface area contributed by atoms with Crippen LogP contribution in [0.1, 0.15) is 30.9 Å². The van der Waals surface area contributed by atoms with Crippen LogP contribution in [0.2, 0.25) is 0 Å². The lowest BCUT2D eigenvalue weighted by Gasteiger charge is -2.15. The molecule has 0 amide bonds. The van der Waals surface area contributed by atoms with E-state index in [1.807, 2.05) is 31.2 Å². The van der Waals surface area contributed by atoms with Crippen LogP contribution in [0.3, 0.4) is 0 Å². The second-order valence-corrected chi connectivity index (χ2v) is 7.35. The summed E-state index contributed by atoms with van der Waals surface area (Å²) < 4.78 is 24.6. The average Bonchev–Trinajstić information content (AvgIpc) is 2.59. The van der Waals surface area contributed by atoms with Crippen molar-refractivity contribution in [2.24, 2.45) is 5.92 Å². The van der Waals surface area contributed by atoms with Gasteiger partial charge in [-0.3, -0.25) is 4.79 Å². The van der Waals surface area contributed by atoms with Crippen molar-refractivity contribution in [1.82, 2.24) is 0 Å². The molecule has 0 N–H and O–H groups in total. The van der Waals surface area contributed by atoms with Crippen molar-refractivity contribution < 1.29 is 13.2 Å². The van der Waals surface area contributed by atoms with E-state index in [4.69, 9.17) is 0 Å². The van der Waals surface area contributed by atoms with Crippen molar-refractivity contribution in [1.29, 1.82) is 0 Å². The van der Waals surface area contributed by atoms with Gasteiger partial charge >= 0.3 is 0 Å². The quantitative estimate of drug-likeness (QED) is 0.843. The number of sulfone groups is 1. The molecule has 0 aliphatic heterocycles. The maximum absolute atomic E-state index is 12.3. The topological polar surface area (TPSA) is 51.2 Å². The molecule has 98 valence electrons. The maximum Gasteiger partial charge on any atom is 0.158 e. The number of ketones is 1. The molecule has 1 aromatic carbocycles. The molecule has 0 radical (unpaired) electrons. The Morgan fingerprint density at radius 1 is 1.33 bits per heavy atom. The van der Waals surface area contributed by atoms with E-state index in [0.29, 0.717) is 12.8 Å². The van der Waals surface area contributed by atoms with E-state index in [1.54, 1.807) is 6.92 Å². The number of Topliss-reactive ketones (excluding diaryl/α,β-unsaturated/α-hetero) is 1. The van der Waals surface area contributed by atoms with Crippen LogP contribution in [0.15, 0.2) is 24.3 Å². The molecule has 0 bridgehead atoms. The molecule has 1 aliphatic rings. The Kier molecular flexibility index (Phi) is 3.57. The van der Waals surface area contributed by atoms with Gasteiger partial charge in [0.15, 0.2) is 9.84 Å². The van der Waals surface area contributed by atoms with Crippen molar-refractivity contribution >= 4 is 15.6 Å². The highest BCUT2D eigenvalue weighted by Gasteiger charge is 2.39. The van der Waals surface area contributed by atoms with Crippen LogP contribution in [-0.2, 0) is 20.4 Å². The third-order valence-corrected chi connectivity index (χ3v) is 5.95. The number of rotatable bonds is 3. The highest BCUT2D eigenvalue weighted by Crippen LogP contribution is 2.30. The fraction of sp³-hybridized carbons (Fsp3) is 0.500. The molecule has 0 heterocycles. The molecule has 1 fully saturated rings. The SMILES string of the molecule is Cc1cccc(CS(=O)(=O)C2CCC(=O)C2C)c1. The standard InChI is InChI=1S/C14H18O3S/c1-10-4-3-5-12(8-10)9-18(16,17)14-7-6-13(15)11(14)2/h3-5,8,11,14H,6-7,9H2,1-2H3. The van der Waals surface area contributed by atoms with Crippen molar-refractivity contribution in [3.8, 4) is 0 Å². The first-order valence-corrected chi connectivity index (χ1v) is 7.91. The third-order valence-electron chi connectivity index (χ3n) is 3.65. The summed E-state index contributed by atoms with van der Waals surface area (Å²) in [5.41, 5.74) is 1.86. The highest BCUT2D eigenvalue weighted by atomic mass is 32.2. The van der Waals surface area contributed by atoms with Crippen molar-refractivity contribution in [2.75, 3.05) is 0 Å². The molecule has 1 aromatic rings. The minimum atomic E-state index is -3.23. The Morgan fingerprint density at radius 2 is 2.06 bits per heavy atom. The molecule has 0 saturated heterocycles. The predicted octanol–water partition coefficient (Wildman–Crippen LogP) is 2.28. The molecule has 18 heavy (non-hydrogen) atoms. The Balaban J connectivity index is 2.20. The molecule has 2 rings (SSSR count). The zero-order chi connectivity index (χ0) is 13.3. The first-order valence-electron chi connectivity index (χ1n) is 6.20. The zero-order valence-electron chi connectivity index (χ0n) is 10.7. The summed E-state index contributed by atoms with van der Waals surface area (Å²) in [6.45, 7) is 3.67. The lowest BCUT2D eigenvalue weighted by molar-refractivity contribution is -0.120. The molecule has 0 spiro atoms. The van der Waals surface area contributed by atoms with Gasteiger partial charge in [-0.1, -0.05) is 36.8 Å². The molecule has 3 nitrogen and oxygen atoms in total. The van der Waals surface area contributed by atoms with Crippen molar-refractivity contribution in [2.45, 2.75) is 37.7 Å². The Hall–Kier alpha value is -1.16. The van der Waals surface area contributed by atoms with Crippen LogP contribution in [0.25, 0.3) is 0 Å². The van der Waals surface area contributed by atoms with Gasteiger partial charge in [0.25, 0.3) is 0 Å². The molecule has 0 aromatic heterocycles. The van der Waals surface area contributed by atoms with E-state index in [2.05, 4.69) is 0 Å². The Labute approximate surface area is 108 Å². The van der Waals surface area contributed by atoms with Crippen LogP contribution in [-0.4, -0.2) is 19.5 Å². The molecular weight excluding hydrogens is 248 g/mol. The minimum absolute atomic E-state index is 0.0387. The second-order valence-electron chi connectivity index (χ2n) is 5.13. The van der Waals surface area contributed by atoms with E-state index >= 15 is 0 Å². The number of hydrogen-bond donors (Lipinski definition) is 0. The zero-order valence-corrected chi connectivity index (χ0v) is 11.5. The monoisotopic (exact) mass is 266 g/mol. The van der Waals surface area contributed by atoms with Gasteiger partial charge in [-0.2, -0.15) is 0 Å². The summed E-state index contributed by atoms with van der Waals surface area (Å²) in [4.78, 5) is 11.5. The van der Waals surface area contributed by atoms with Gasteiger partial charge in [0.05, 0.1) is 11.0 Å². The van der Waals surface area contributed by atoms with Gasteiger partial charge in [-0.25, -0.2) is 8.42 Å². The smallest absolute Gasteiger partial charge is 0.158 e. The van der Waals surface area contributed by atoms with Gasteiger partial charge in [-0.05, 0) is 18.9 Å². The van der Waals surface area contributed by atoms with Gasteiger partial charge < -0.3 is 0 Å². The number of carbonyl (C=O) groups is 1. The van der Waals surface area contributed by atoms with Crippen molar-refractivity contribution in [3.05, 3.63) is 35.4 Å². The number of benzene rings is 1. The Bertz CT molecular complexity index is 560. The number of aryl methyl sites for hydroxylation is 1. The van der Waals surface area contributed by atoms with Crippen LogP contribution in [0.5, 0.6) is 0 Å². The van der Waals surface area contributed by atoms with Gasteiger partial charge in [-0.15, -0.1) is 0 Å². The Morgan fingerprint density at radius 3 is 2.61 bits per heavy atom. The first kappa shape index (κ1) is 13.3. The van der Waals surface area contributed by atoms with Gasteiger partial charge in [0.2, 0.25) is 0 Å². The van der Waals surface area contributed by atoms with E-state index in [9.17, 15) is 13.2 Å². The lowest BCUT2D eigenvalue weighted by Crippen LogP contribution is -2.27. The summed E-state index contributed by atoms with van der Waals surface area (Å²) in [5, 5.41) is -0.495. The lowest BCUT2D eigenvalue weighted by atomic mass is 10.1. The number of carbonyl (C=O) groups excluding carboxylic acids is 1.